The molecule has 0 N–H and O–H groups in total. The third kappa shape index (κ3) is 4.35. The van der Waals surface area contributed by atoms with Crippen molar-refractivity contribution in [2.24, 2.45) is 0 Å². The van der Waals surface area contributed by atoms with Gasteiger partial charge in [-0.15, -0.1) is 22.7 Å². The van der Waals surface area contributed by atoms with E-state index in [2.05, 4.69) is 140 Å². The largest absolute Gasteiger partial charge is 0.192 e. The molecule has 2 heterocycles. The molecule has 46 heavy (non-hydrogen) atoms. The fourth-order valence-electron chi connectivity index (χ4n) is 6.79. The Kier molecular flexibility index (Phi) is 6.31. The summed E-state index contributed by atoms with van der Waals surface area (Å²) in [6, 6.07) is 56.7. The predicted octanol–water partition coefficient (Wildman–Crippen LogP) is 13.0. The molecule has 9 rings (SSSR count). The maximum Gasteiger partial charge on any atom is 0.0998 e. The topological polar surface area (TPSA) is 23.8 Å². The number of benzene rings is 7. The van der Waals surface area contributed by atoms with E-state index in [9.17, 15) is 5.26 Å². The van der Waals surface area contributed by atoms with E-state index in [1.54, 1.807) is 0 Å². The van der Waals surface area contributed by atoms with Crippen LogP contribution in [0, 0.1) is 11.3 Å². The summed E-state index contributed by atoms with van der Waals surface area (Å²) in [5.74, 6) is 0. The van der Waals surface area contributed by atoms with Gasteiger partial charge in [-0.1, -0.05) is 103 Å². The SMILES string of the molecule is N#Cc1cccc(-c2ccccc2)c1-c1cc(-c2ccc3sc4ccccc4c3c2)cc(-c2cccc3c2sc2ccccc23)c1. The second kappa shape index (κ2) is 10.8. The highest BCUT2D eigenvalue weighted by atomic mass is 32.1. The minimum Gasteiger partial charge on any atom is -0.192 e. The number of thiophene rings is 2. The molecule has 214 valence electrons. The van der Waals surface area contributed by atoms with E-state index in [-0.39, 0.29) is 0 Å². The lowest BCUT2D eigenvalue weighted by Gasteiger charge is -2.16. The van der Waals surface area contributed by atoms with Crippen molar-refractivity contribution in [1.82, 2.24) is 0 Å². The van der Waals surface area contributed by atoms with Gasteiger partial charge in [-0.2, -0.15) is 5.26 Å². The maximum atomic E-state index is 10.4. The number of hydrogen-bond acceptors (Lipinski definition) is 3. The zero-order valence-corrected chi connectivity index (χ0v) is 26.3. The van der Waals surface area contributed by atoms with Crippen LogP contribution < -0.4 is 0 Å². The van der Waals surface area contributed by atoms with Crippen molar-refractivity contribution in [1.29, 1.82) is 5.26 Å². The lowest BCUT2D eigenvalue weighted by molar-refractivity contribution is 1.47. The molecule has 0 bridgehead atoms. The average Bonchev–Trinajstić information content (AvgIpc) is 3.69. The van der Waals surface area contributed by atoms with Crippen molar-refractivity contribution < 1.29 is 0 Å². The minimum atomic E-state index is 0.670. The Morgan fingerprint density at radius 1 is 0.391 bits per heavy atom. The van der Waals surface area contributed by atoms with Crippen molar-refractivity contribution in [2.75, 3.05) is 0 Å². The molecule has 0 radical (unpaired) electrons. The third-order valence-electron chi connectivity index (χ3n) is 8.92. The van der Waals surface area contributed by atoms with Crippen molar-refractivity contribution in [3.63, 3.8) is 0 Å². The van der Waals surface area contributed by atoms with E-state index >= 15 is 0 Å². The number of nitriles is 1. The van der Waals surface area contributed by atoms with Gasteiger partial charge >= 0.3 is 0 Å². The number of hydrogen-bond donors (Lipinski definition) is 0. The van der Waals surface area contributed by atoms with Gasteiger partial charge in [0, 0.05) is 45.9 Å². The summed E-state index contributed by atoms with van der Waals surface area (Å²) in [6.45, 7) is 0. The Morgan fingerprint density at radius 3 is 1.85 bits per heavy atom. The van der Waals surface area contributed by atoms with Gasteiger partial charge in [0.1, 0.15) is 0 Å². The Morgan fingerprint density at radius 2 is 1.02 bits per heavy atom. The molecule has 0 fully saturated rings. The lowest BCUT2D eigenvalue weighted by Crippen LogP contribution is -1.92. The smallest absolute Gasteiger partial charge is 0.0998 e. The molecule has 0 unspecified atom stereocenters. The Bertz CT molecular complexity index is 2650. The normalized spacial score (nSPS) is 11.5. The molecule has 3 heteroatoms. The molecule has 0 atom stereocenters. The van der Waals surface area contributed by atoms with Gasteiger partial charge in [0.25, 0.3) is 0 Å². The maximum absolute atomic E-state index is 10.4. The zero-order chi connectivity index (χ0) is 30.6. The van der Waals surface area contributed by atoms with Crippen LogP contribution in [0.5, 0.6) is 0 Å². The second-order valence-corrected chi connectivity index (χ2v) is 13.7. The summed E-state index contributed by atoms with van der Waals surface area (Å²) in [5.41, 5.74) is 9.48. The highest BCUT2D eigenvalue weighted by Gasteiger charge is 2.18. The summed E-state index contributed by atoms with van der Waals surface area (Å²) in [5, 5.41) is 15.5. The van der Waals surface area contributed by atoms with Crippen LogP contribution in [-0.2, 0) is 0 Å². The molecular formula is C43H25NS2. The second-order valence-electron chi connectivity index (χ2n) is 11.6. The van der Waals surface area contributed by atoms with Gasteiger partial charge in [0.2, 0.25) is 0 Å². The lowest BCUT2D eigenvalue weighted by atomic mass is 9.87. The first-order valence-electron chi connectivity index (χ1n) is 15.3. The quantitative estimate of drug-likeness (QED) is 0.192. The predicted molar refractivity (Wildman–Crippen MR) is 199 cm³/mol. The van der Waals surface area contributed by atoms with Crippen molar-refractivity contribution in [3.8, 4) is 50.6 Å². The fourth-order valence-corrected chi connectivity index (χ4v) is 9.11. The molecule has 2 aromatic heterocycles. The van der Waals surface area contributed by atoms with Gasteiger partial charge in [-0.3, -0.25) is 0 Å². The summed E-state index contributed by atoms with van der Waals surface area (Å²) in [6.07, 6.45) is 0. The van der Waals surface area contributed by atoms with Crippen LogP contribution in [0.4, 0.5) is 0 Å². The Hall–Kier alpha value is -5.53. The molecule has 0 amide bonds. The van der Waals surface area contributed by atoms with Crippen LogP contribution in [0.3, 0.4) is 0 Å². The van der Waals surface area contributed by atoms with Gasteiger partial charge in [0.05, 0.1) is 11.6 Å². The monoisotopic (exact) mass is 619 g/mol. The highest BCUT2D eigenvalue weighted by Crippen LogP contribution is 2.44. The van der Waals surface area contributed by atoms with Crippen molar-refractivity contribution in [2.45, 2.75) is 0 Å². The molecule has 0 aliphatic rings. The summed E-state index contributed by atoms with van der Waals surface area (Å²) < 4.78 is 5.16. The third-order valence-corrected chi connectivity index (χ3v) is 11.3. The molecule has 1 nitrogen and oxygen atoms in total. The first-order valence-corrected chi connectivity index (χ1v) is 16.9. The first-order chi connectivity index (χ1) is 22.7. The standard InChI is InChI=1S/C43H25NS2/c44-26-29-12-8-15-33(27-10-2-1-3-11-27)42(29)32-23-30(28-20-21-41-38(25-28)36-14-5-6-18-39(36)45-41)22-31(24-32)34-16-9-17-37-35-13-4-7-19-40(35)46-43(34)37/h1-25H. The van der Waals surface area contributed by atoms with Gasteiger partial charge < -0.3 is 0 Å². The molecule has 0 saturated carbocycles. The fraction of sp³-hybridized carbons (Fsp3) is 0. The van der Waals surface area contributed by atoms with E-state index in [0.717, 1.165) is 33.4 Å². The first kappa shape index (κ1) is 26.8. The van der Waals surface area contributed by atoms with Crippen LogP contribution in [0.2, 0.25) is 0 Å². The number of nitrogens with zero attached hydrogens (tertiary/aromatic N) is 1. The van der Waals surface area contributed by atoms with E-state index in [4.69, 9.17) is 0 Å². The van der Waals surface area contributed by atoms with E-state index in [0.29, 0.717) is 5.56 Å². The van der Waals surface area contributed by atoms with Gasteiger partial charge in [-0.05, 0) is 87.5 Å². The molecule has 0 aliphatic carbocycles. The van der Waals surface area contributed by atoms with E-state index in [1.807, 2.05) is 40.9 Å². The van der Waals surface area contributed by atoms with Crippen LogP contribution in [0.25, 0.3) is 84.9 Å². The van der Waals surface area contributed by atoms with Crippen LogP contribution in [0.1, 0.15) is 5.56 Å². The summed E-state index contributed by atoms with van der Waals surface area (Å²) in [7, 11) is 0. The average molecular weight is 620 g/mol. The van der Waals surface area contributed by atoms with E-state index in [1.165, 1.54) is 51.5 Å². The molecule has 0 spiro atoms. The van der Waals surface area contributed by atoms with Gasteiger partial charge in [0.15, 0.2) is 0 Å². The molecule has 0 saturated heterocycles. The molecule has 0 aliphatic heterocycles. The highest BCUT2D eigenvalue weighted by molar-refractivity contribution is 7.26. The zero-order valence-electron chi connectivity index (χ0n) is 24.7. The number of rotatable bonds is 4. The number of fused-ring (bicyclic) bond motifs is 6. The Labute approximate surface area is 274 Å². The Balaban J connectivity index is 1.35. The van der Waals surface area contributed by atoms with Gasteiger partial charge in [-0.25, -0.2) is 0 Å². The van der Waals surface area contributed by atoms with Crippen LogP contribution >= 0.6 is 22.7 Å². The van der Waals surface area contributed by atoms with E-state index < -0.39 is 0 Å². The molecular weight excluding hydrogens is 595 g/mol. The van der Waals surface area contributed by atoms with Crippen LogP contribution in [0.15, 0.2) is 152 Å². The molecule has 9 aromatic rings. The minimum absolute atomic E-state index is 0.670. The van der Waals surface area contributed by atoms with Crippen LogP contribution in [-0.4, -0.2) is 0 Å². The molecule has 7 aromatic carbocycles. The summed E-state index contributed by atoms with van der Waals surface area (Å²) in [4.78, 5) is 0. The van der Waals surface area contributed by atoms with Crippen molar-refractivity contribution in [3.05, 3.63) is 157 Å². The van der Waals surface area contributed by atoms with Crippen molar-refractivity contribution >= 4 is 63.0 Å². The summed E-state index contributed by atoms with van der Waals surface area (Å²) >= 11 is 3.69.